The van der Waals surface area contributed by atoms with E-state index in [0.717, 1.165) is 11.3 Å². The second-order valence-electron chi connectivity index (χ2n) is 3.90. The van der Waals surface area contributed by atoms with Gasteiger partial charge in [0.15, 0.2) is 0 Å². The van der Waals surface area contributed by atoms with Crippen molar-refractivity contribution in [3.05, 3.63) is 41.5 Å². The predicted molar refractivity (Wildman–Crippen MR) is 63.1 cm³/mol. The highest BCUT2D eigenvalue weighted by Crippen LogP contribution is 2.30. The lowest BCUT2D eigenvalue weighted by Crippen LogP contribution is -2.35. The van der Waals surface area contributed by atoms with E-state index in [2.05, 4.69) is 0 Å². The van der Waals surface area contributed by atoms with Crippen LogP contribution >= 0.6 is 11.6 Å². The van der Waals surface area contributed by atoms with E-state index in [1.54, 1.807) is 4.90 Å². The van der Waals surface area contributed by atoms with E-state index in [-0.39, 0.29) is 5.50 Å². The Bertz CT molecular complexity index is 385. The van der Waals surface area contributed by atoms with Crippen LogP contribution in [0.25, 0.3) is 0 Å². The predicted octanol–water partition coefficient (Wildman–Crippen LogP) is 2.64. The van der Waals surface area contributed by atoms with Crippen LogP contribution in [0.1, 0.15) is 12.5 Å². The Morgan fingerprint density at radius 2 is 1.80 bits per heavy atom. The first-order chi connectivity index (χ1) is 7.09. The van der Waals surface area contributed by atoms with Crippen LogP contribution in [-0.4, -0.2) is 16.8 Å². The van der Waals surface area contributed by atoms with Crippen molar-refractivity contribution in [2.75, 3.05) is 4.90 Å². The number of anilines is 1. The van der Waals surface area contributed by atoms with Crippen molar-refractivity contribution in [2.24, 2.45) is 0 Å². The van der Waals surface area contributed by atoms with Crippen LogP contribution in [-0.2, 0) is 0 Å². The molecule has 0 saturated heterocycles. The zero-order chi connectivity index (χ0) is 11.0. The normalized spacial score (nSPS) is 25.6. The number of halogens is 1. The fourth-order valence-corrected chi connectivity index (χ4v) is 2.16. The lowest BCUT2D eigenvalue weighted by atomic mass is 10.2. The Morgan fingerprint density at radius 3 is 2.27 bits per heavy atom. The summed E-state index contributed by atoms with van der Waals surface area (Å²) in [6, 6.07) is 7.97. The molecule has 3 heteroatoms. The summed E-state index contributed by atoms with van der Waals surface area (Å²) >= 11 is 6.13. The summed E-state index contributed by atoms with van der Waals surface area (Å²) in [5.41, 5.74) is 2.78. The monoisotopic (exact) mass is 223 g/mol. The van der Waals surface area contributed by atoms with Crippen LogP contribution < -0.4 is 4.90 Å². The van der Waals surface area contributed by atoms with Gasteiger partial charge in [-0.15, -0.1) is 0 Å². The molecule has 0 radical (unpaired) electrons. The van der Waals surface area contributed by atoms with Crippen molar-refractivity contribution in [1.29, 1.82) is 0 Å². The number of hydrogen-bond acceptors (Lipinski definition) is 2. The van der Waals surface area contributed by atoms with E-state index >= 15 is 0 Å². The molecule has 2 unspecified atom stereocenters. The Hall–Kier alpha value is -0.990. The first-order valence-corrected chi connectivity index (χ1v) is 5.38. The number of rotatable bonds is 1. The van der Waals surface area contributed by atoms with Crippen LogP contribution in [0, 0.1) is 6.92 Å². The van der Waals surface area contributed by atoms with E-state index in [9.17, 15) is 5.11 Å². The third-order valence-corrected chi connectivity index (χ3v) is 3.01. The Kier molecular flexibility index (Phi) is 2.72. The lowest BCUT2D eigenvalue weighted by molar-refractivity contribution is 0.214. The molecule has 0 amide bonds. The van der Waals surface area contributed by atoms with Crippen LogP contribution in [0.2, 0.25) is 0 Å². The molecule has 1 aliphatic heterocycles. The molecule has 0 aliphatic carbocycles. The number of benzene rings is 1. The van der Waals surface area contributed by atoms with Gasteiger partial charge in [-0.05, 0) is 37.6 Å². The molecular formula is C12H14ClNO. The highest BCUT2D eigenvalue weighted by atomic mass is 35.5. The average Bonchev–Trinajstić information content (AvgIpc) is 2.44. The van der Waals surface area contributed by atoms with Crippen molar-refractivity contribution in [3.8, 4) is 0 Å². The molecule has 1 aliphatic rings. The van der Waals surface area contributed by atoms with Crippen molar-refractivity contribution in [2.45, 2.75) is 25.6 Å². The van der Waals surface area contributed by atoms with Crippen molar-refractivity contribution in [1.82, 2.24) is 0 Å². The van der Waals surface area contributed by atoms with Gasteiger partial charge < -0.3 is 10.0 Å². The number of hydrogen-bond donors (Lipinski definition) is 1. The minimum Gasteiger partial charge on any atom is -0.370 e. The molecule has 0 spiro atoms. The molecule has 0 aromatic heterocycles. The second-order valence-corrected chi connectivity index (χ2v) is 4.35. The smallest absolute Gasteiger partial charge is 0.150 e. The quantitative estimate of drug-likeness (QED) is 0.450. The van der Waals surface area contributed by atoms with Gasteiger partial charge >= 0.3 is 0 Å². The lowest BCUT2D eigenvalue weighted by Gasteiger charge is -2.27. The molecule has 0 bridgehead atoms. The first kappa shape index (κ1) is 10.5. The zero-order valence-electron chi connectivity index (χ0n) is 8.81. The van der Waals surface area contributed by atoms with E-state index in [1.807, 2.05) is 44.2 Å². The number of nitrogens with zero attached hydrogens (tertiary/aromatic N) is 1. The van der Waals surface area contributed by atoms with Gasteiger partial charge in [-0.3, -0.25) is 0 Å². The van der Waals surface area contributed by atoms with E-state index in [0.29, 0.717) is 0 Å². The molecule has 2 rings (SSSR count). The summed E-state index contributed by atoms with van der Waals surface area (Å²) in [4.78, 5) is 1.79. The maximum absolute atomic E-state index is 9.92. The van der Waals surface area contributed by atoms with E-state index < -0.39 is 6.23 Å². The maximum Gasteiger partial charge on any atom is 0.150 e. The molecule has 2 nitrogen and oxygen atoms in total. The Balaban J connectivity index is 2.29. The number of aryl methyl sites for hydroxylation is 1. The molecule has 0 fully saturated rings. The maximum atomic E-state index is 9.92. The highest BCUT2D eigenvalue weighted by molar-refractivity contribution is 6.23. The summed E-state index contributed by atoms with van der Waals surface area (Å²) in [7, 11) is 0. The molecular weight excluding hydrogens is 210 g/mol. The summed E-state index contributed by atoms with van der Waals surface area (Å²) in [6.07, 6.45) is 1.27. The molecule has 80 valence electrons. The second kappa shape index (κ2) is 3.87. The van der Waals surface area contributed by atoms with Gasteiger partial charge in [0.1, 0.15) is 11.7 Å². The summed E-state index contributed by atoms with van der Waals surface area (Å²) in [6.45, 7) is 3.92. The third kappa shape index (κ3) is 1.87. The molecule has 1 N–H and O–H groups in total. The molecule has 15 heavy (non-hydrogen) atoms. The first-order valence-electron chi connectivity index (χ1n) is 4.95. The Labute approximate surface area is 94.8 Å². The van der Waals surface area contributed by atoms with E-state index in [1.165, 1.54) is 5.56 Å². The number of alkyl halides is 1. The molecule has 1 aromatic carbocycles. The van der Waals surface area contributed by atoms with Crippen molar-refractivity contribution >= 4 is 17.3 Å². The zero-order valence-corrected chi connectivity index (χ0v) is 9.57. The van der Waals surface area contributed by atoms with Crippen LogP contribution in [0.15, 0.2) is 35.9 Å². The fourth-order valence-electron chi connectivity index (χ4n) is 1.74. The van der Waals surface area contributed by atoms with Gasteiger partial charge in [-0.25, -0.2) is 0 Å². The number of aliphatic hydroxyl groups excluding tert-OH is 1. The van der Waals surface area contributed by atoms with Gasteiger partial charge in [0.05, 0.1) is 0 Å². The van der Waals surface area contributed by atoms with Gasteiger partial charge in [0.25, 0.3) is 0 Å². The van der Waals surface area contributed by atoms with Crippen LogP contribution in [0.3, 0.4) is 0 Å². The third-order valence-electron chi connectivity index (χ3n) is 2.67. The summed E-state index contributed by atoms with van der Waals surface area (Å²) < 4.78 is 0. The topological polar surface area (TPSA) is 23.5 Å². The SMILES string of the molecule is CC1=CC(Cl)N(c2ccc(C)cc2)C1O. The molecule has 0 saturated carbocycles. The standard InChI is InChI=1S/C12H14ClNO/c1-8-3-5-10(6-4-8)14-11(13)7-9(2)12(14)15/h3-7,11-12,15H,1-2H3. The fraction of sp³-hybridized carbons (Fsp3) is 0.333. The minimum atomic E-state index is -0.602. The van der Waals surface area contributed by atoms with E-state index in [4.69, 9.17) is 11.6 Å². The van der Waals surface area contributed by atoms with Crippen LogP contribution in [0.5, 0.6) is 0 Å². The number of aliphatic hydroxyl groups is 1. The van der Waals surface area contributed by atoms with Crippen molar-refractivity contribution in [3.63, 3.8) is 0 Å². The summed E-state index contributed by atoms with van der Waals surface area (Å²) in [5, 5.41) is 9.92. The van der Waals surface area contributed by atoms with Gasteiger partial charge in [0, 0.05) is 5.69 Å². The Morgan fingerprint density at radius 1 is 1.20 bits per heavy atom. The molecule has 1 heterocycles. The van der Waals surface area contributed by atoms with Crippen molar-refractivity contribution < 1.29 is 5.11 Å². The van der Waals surface area contributed by atoms with Gasteiger partial charge in [-0.1, -0.05) is 29.3 Å². The largest absolute Gasteiger partial charge is 0.370 e. The van der Waals surface area contributed by atoms with Gasteiger partial charge in [-0.2, -0.15) is 0 Å². The van der Waals surface area contributed by atoms with Crippen LogP contribution in [0.4, 0.5) is 5.69 Å². The minimum absolute atomic E-state index is 0.261. The highest BCUT2D eigenvalue weighted by Gasteiger charge is 2.29. The van der Waals surface area contributed by atoms with Gasteiger partial charge in [0.2, 0.25) is 0 Å². The molecule has 1 aromatic rings. The average molecular weight is 224 g/mol. The molecule has 2 atom stereocenters. The summed E-state index contributed by atoms with van der Waals surface area (Å²) in [5.74, 6) is 0.